The largest absolute Gasteiger partial charge is 0.307 e. The molecule has 194 valence electrons. The van der Waals surface area contributed by atoms with Gasteiger partial charge in [0.25, 0.3) is 0 Å². The first-order chi connectivity index (χ1) is 18.4. The fraction of sp³-hybridized carbons (Fsp3) is 0.294. The van der Waals surface area contributed by atoms with E-state index in [2.05, 4.69) is 125 Å². The fourth-order valence-corrected chi connectivity index (χ4v) is 6.05. The van der Waals surface area contributed by atoms with Crippen LogP contribution < -0.4 is 4.57 Å². The topological polar surface area (TPSA) is 47.0 Å². The van der Waals surface area contributed by atoms with Gasteiger partial charge in [0.05, 0.1) is 27.3 Å². The number of fused-ring (bicyclic) bond motifs is 6. The normalized spacial score (nSPS) is 13.1. The highest BCUT2D eigenvalue weighted by Gasteiger charge is 2.29. The molecule has 0 aliphatic carbocycles. The summed E-state index contributed by atoms with van der Waals surface area (Å²) in [5.41, 5.74) is 6.83. The number of para-hydroxylation sites is 1. The van der Waals surface area contributed by atoms with Crippen LogP contribution in [0, 0.1) is 6.92 Å². The minimum absolute atomic E-state index is 0.204. The van der Waals surface area contributed by atoms with Crippen molar-refractivity contribution in [2.24, 2.45) is 7.05 Å². The van der Waals surface area contributed by atoms with Gasteiger partial charge in [-0.15, -0.1) is 0 Å². The van der Waals surface area contributed by atoms with E-state index in [1.54, 1.807) is 0 Å². The Hall–Kier alpha value is -4.12. The molecule has 0 unspecified atom stereocenters. The molecule has 5 nitrogen and oxygen atoms in total. The molecular formula is C34H34N5+. The van der Waals surface area contributed by atoms with Gasteiger partial charge < -0.3 is 4.40 Å². The first-order valence-electron chi connectivity index (χ1n) is 13.7. The summed E-state index contributed by atoms with van der Waals surface area (Å²) in [5.74, 6) is 2.39. The van der Waals surface area contributed by atoms with Crippen molar-refractivity contribution in [2.45, 2.75) is 59.3 Å². The van der Waals surface area contributed by atoms with Gasteiger partial charge in [0.2, 0.25) is 5.52 Å². The Morgan fingerprint density at radius 3 is 2.08 bits per heavy atom. The van der Waals surface area contributed by atoms with E-state index in [1.165, 1.54) is 54.6 Å². The van der Waals surface area contributed by atoms with Gasteiger partial charge in [-0.2, -0.15) is 0 Å². The molecule has 0 fully saturated rings. The molecule has 0 aliphatic rings. The predicted octanol–water partition coefficient (Wildman–Crippen LogP) is 7.57. The van der Waals surface area contributed by atoms with Crippen LogP contribution in [0.25, 0.3) is 60.4 Å². The number of aryl methyl sites for hydroxylation is 2. The molecule has 0 saturated carbocycles. The van der Waals surface area contributed by atoms with E-state index >= 15 is 0 Å². The van der Waals surface area contributed by atoms with E-state index in [9.17, 15) is 0 Å². The Kier molecular flexibility index (Phi) is 4.74. The van der Waals surface area contributed by atoms with Crippen molar-refractivity contribution >= 4 is 49.0 Å². The van der Waals surface area contributed by atoms with E-state index in [4.69, 9.17) is 15.0 Å². The maximum atomic E-state index is 5.14. The number of hydrogen-bond donors (Lipinski definition) is 0. The Balaban J connectivity index is 1.77. The zero-order chi connectivity index (χ0) is 27.4. The second-order valence-electron chi connectivity index (χ2n) is 13.0. The summed E-state index contributed by atoms with van der Waals surface area (Å²) in [5, 5.41) is 6.17. The SMILES string of the molecule is Cc1cccc2c1c1c3c(cc[n+]1C)cc(-c1nc(C(C)(C)C)nc(C(C)(C)C)n1)c1c4ccccc4n2c13. The van der Waals surface area contributed by atoms with Crippen molar-refractivity contribution in [3.8, 4) is 11.4 Å². The Bertz CT molecular complexity index is 2070. The quantitative estimate of drug-likeness (QED) is 0.129. The summed E-state index contributed by atoms with van der Waals surface area (Å²) in [6.07, 6.45) is 2.18. The maximum absolute atomic E-state index is 5.14. The smallest absolute Gasteiger partial charge is 0.224 e. The molecule has 0 N–H and O–H groups in total. The third kappa shape index (κ3) is 3.32. The molecule has 0 spiro atoms. The van der Waals surface area contributed by atoms with Crippen molar-refractivity contribution < 1.29 is 4.57 Å². The first kappa shape index (κ1) is 24.0. The summed E-state index contributed by atoms with van der Waals surface area (Å²) >= 11 is 0. The number of hydrogen-bond acceptors (Lipinski definition) is 3. The predicted molar refractivity (Wildman–Crippen MR) is 161 cm³/mol. The highest BCUT2D eigenvalue weighted by atomic mass is 15.1. The number of aromatic nitrogens is 5. The second-order valence-corrected chi connectivity index (χ2v) is 13.0. The molecule has 7 rings (SSSR count). The average Bonchev–Trinajstić information content (AvgIpc) is 3.23. The van der Waals surface area contributed by atoms with Crippen LogP contribution >= 0.6 is 0 Å². The molecule has 0 atom stereocenters. The Labute approximate surface area is 228 Å². The molecule has 0 saturated heterocycles. The van der Waals surface area contributed by atoms with Gasteiger partial charge in [0.15, 0.2) is 12.0 Å². The first-order valence-corrected chi connectivity index (χ1v) is 13.7. The lowest BCUT2D eigenvalue weighted by molar-refractivity contribution is -0.643. The minimum atomic E-state index is -0.204. The lowest BCUT2D eigenvalue weighted by atomic mass is 9.92. The van der Waals surface area contributed by atoms with Crippen molar-refractivity contribution in [3.05, 3.63) is 78.0 Å². The molecule has 4 aromatic heterocycles. The van der Waals surface area contributed by atoms with Gasteiger partial charge in [-0.1, -0.05) is 71.9 Å². The molecule has 0 amide bonds. The molecule has 4 heterocycles. The van der Waals surface area contributed by atoms with Crippen LogP contribution in [0.4, 0.5) is 0 Å². The minimum Gasteiger partial charge on any atom is -0.307 e. The second kappa shape index (κ2) is 7.72. The average molecular weight is 513 g/mol. The van der Waals surface area contributed by atoms with Crippen LogP contribution in [0.1, 0.15) is 58.8 Å². The van der Waals surface area contributed by atoms with Crippen molar-refractivity contribution in [1.29, 1.82) is 0 Å². The van der Waals surface area contributed by atoms with Crippen LogP contribution in [0.3, 0.4) is 0 Å². The number of nitrogens with zero attached hydrogens (tertiary/aromatic N) is 5. The van der Waals surface area contributed by atoms with Crippen molar-refractivity contribution in [3.63, 3.8) is 0 Å². The summed E-state index contributed by atoms with van der Waals surface area (Å²) in [6, 6.07) is 19.9. The molecule has 39 heavy (non-hydrogen) atoms. The van der Waals surface area contributed by atoms with Crippen LogP contribution in [0.15, 0.2) is 60.8 Å². The van der Waals surface area contributed by atoms with E-state index in [0.29, 0.717) is 0 Å². The number of pyridine rings is 2. The highest BCUT2D eigenvalue weighted by molar-refractivity contribution is 6.30. The van der Waals surface area contributed by atoms with Gasteiger partial charge in [0.1, 0.15) is 18.7 Å². The molecule has 7 aromatic rings. The van der Waals surface area contributed by atoms with Gasteiger partial charge in [-0.05, 0) is 36.1 Å². The van der Waals surface area contributed by atoms with Crippen molar-refractivity contribution in [2.75, 3.05) is 0 Å². The summed E-state index contributed by atoms with van der Waals surface area (Å²) in [4.78, 5) is 15.2. The zero-order valence-electron chi connectivity index (χ0n) is 24.0. The maximum Gasteiger partial charge on any atom is 0.224 e. The third-order valence-corrected chi connectivity index (χ3v) is 7.98. The molecule has 5 heteroatoms. The number of rotatable bonds is 1. The van der Waals surface area contributed by atoms with Crippen LogP contribution in [-0.2, 0) is 17.9 Å². The van der Waals surface area contributed by atoms with E-state index in [-0.39, 0.29) is 10.8 Å². The van der Waals surface area contributed by atoms with Gasteiger partial charge in [0, 0.05) is 33.2 Å². The van der Waals surface area contributed by atoms with Crippen molar-refractivity contribution in [1.82, 2.24) is 19.4 Å². The number of benzene rings is 3. The van der Waals surface area contributed by atoms with Gasteiger partial charge in [-0.25, -0.2) is 19.5 Å². The highest BCUT2D eigenvalue weighted by Crippen LogP contribution is 2.45. The van der Waals surface area contributed by atoms with Crippen LogP contribution in [0.2, 0.25) is 0 Å². The third-order valence-electron chi connectivity index (χ3n) is 7.98. The summed E-state index contributed by atoms with van der Waals surface area (Å²) < 4.78 is 4.73. The molecule has 3 aromatic carbocycles. The summed E-state index contributed by atoms with van der Waals surface area (Å²) in [7, 11) is 2.15. The Morgan fingerprint density at radius 2 is 1.38 bits per heavy atom. The van der Waals surface area contributed by atoms with Crippen LogP contribution in [0.5, 0.6) is 0 Å². The standard InChI is InChI=1S/C34H34N5/c1-19-12-11-15-24-25(19)28-26-20(16-17-38(28)8)18-22(27-21-13-9-10-14-23(21)39(24)29(26)27)30-35-31(33(2,3)4)37-32(36-30)34(5,6)7/h9-18H,1-8H3/q+1. The van der Waals surface area contributed by atoms with E-state index in [1.807, 2.05) is 0 Å². The Morgan fingerprint density at radius 1 is 0.718 bits per heavy atom. The van der Waals surface area contributed by atoms with Gasteiger partial charge >= 0.3 is 0 Å². The molecule has 0 aliphatic heterocycles. The molecule has 0 radical (unpaired) electrons. The lowest BCUT2D eigenvalue weighted by Gasteiger charge is -2.23. The molecular weight excluding hydrogens is 478 g/mol. The monoisotopic (exact) mass is 512 g/mol. The zero-order valence-corrected chi connectivity index (χ0v) is 24.0. The fourth-order valence-electron chi connectivity index (χ4n) is 6.05. The lowest BCUT2D eigenvalue weighted by Crippen LogP contribution is -2.29. The van der Waals surface area contributed by atoms with Gasteiger partial charge in [-0.3, -0.25) is 0 Å². The molecule has 0 bridgehead atoms. The van der Waals surface area contributed by atoms with E-state index in [0.717, 1.165) is 23.0 Å². The van der Waals surface area contributed by atoms with E-state index < -0.39 is 0 Å². The van der Waals surface area contributed by atoms with Crippen LogP contribution in [-0.4, -0.2) is 19.4 Å². The summed E-state index contributed by atoms with van der Waals surface area (Å²) in [6.45, 7) is 15.2.